The average Bonchev–Trinajstić information content (AvgIpc) is 3.27. The van der Waals surface area contributed by atoms with Gasteiger partial charge in [-0.05, 0) is 23.5 Å². The Morgan fingerprint density at radius 2 is 1.58 bits per heavy atom. The van der Waals surface area contributed by atoms with Gasteiger partial charge in [-0.15, -0.1) is 0 Å². The first-order valence-electron chi connectivity index (χ1n) is 12.6. The summed E-state index contributed by atoms with van der Waals surface area (Å²) in [6.07, 6.45) is 1.92. The minimum Gasteiger partial charge on any atom is -0.480 e. The lowest BCUT2D eigenvalue weighted by atomic mass is 9.97. The van der Waals surface area contributed by atoms with E-state index in [9.17, 15) is 29.1 Å². The molecule has 0 aliphatic rings. The Hall–Kier alpha value is -3.93. The highest BCUT2D eigenvalue weighted by Gasteiger charge is 2.33. The van der Waals surface area contributed by atoms with Crippen molar-refractivity contribution in [1.82, 2.24) is 20.9 Å². The molecule has 38 heavy (non-hydrogen) atoms. The van der Waals surface area contributed by atoms with E-state index < -0.39 is 66.1 Å². The van der Waals surface area contributed by atoms with Crippen LogP contribution in [-0.4, -0.2) is 63.9 Å². The number of nitrogens with one attached hydrogen (secondary N) is 4. The first-order chi connectivity index (χ1) is 17.8. The van der Waals surface area contributed by atoms with Crippen molar-refractivity contribution in [2.24, 2.45) is 23.3 Å². The number of benzene rings is 1. The van der Waals surface area contributed by atoms with Crippen molar-refractivity contribution in [3.63, 3.8) is 0 Å². The number of hydrogen-bond acceptors (Lipinski definition) is 6. The Morgan fingerprint density at radius 1 is 0.947 bits per heavy atom. The van der Waals surface area contributed by atoms with E-state index in [1.54, 1.807) is 20.0 Å². The maximum atomic E-state index is 13.5. The van der Waals surface area contributed by atoms with Crippen molar-refractivity contribution in [2.45, 2.75) is 71.1 Å². The van der Waals surface area contributed by atoms with Crippen LogP contribution in [0.5, 0.6) is 0 Å². The van der Waals surface area contributed by atoms with Crippen molar-refractivity contribution in [3.05, 3.63) is 36.0 Å². The molecule has 1 aromatic heterocycles. The van der Waals surface area contributed by atoms with Crippen LogP contribution < -0.4 is 27.4 Å². The fourth-order valence-corrected chi connectivity index (χ4v) is 3.96. The first-order valence-corrected chi connectivity index (χ1v) is 12.6. The number of rotatable bonds is 14. The lowest BCUT2D eigenvalue weighted by molar-refractivity contribution is -0.144. The summed E-state index contributed by atoms with van der Waals surface area (Å²) >= 11 is 0. The Kier molecular flexibility index (Phi) is 10.8. The normalized spacial score (nSPS) is 15.2. The molecule has 2 rings (SSSR count). The second kappa shape index (κ2) is 13.6. The van der Waals surface area contributed by atoms with E-state index in [4.69, 9.17) is 11.5 Å². The summed E-state index contributed by atoms with van der Waals surface area (Å²) < 4.78 is 0. The zero-order chi connectivity index (χ0) is 28.6. The molecule has 0 radical (unpaired) electrons. The first kappa shape index (κ1) is 30.3. The van der Waals surface area contributed by atoms with E-state index in [0.717, 1.165) is 16.5 Å². The maximum Gasteiger partial charge on any atom is 0.326 e. The van der Waals surface area contributed by atoms with Gasteiger partial charge in [0.05, 0.1) is 12.5 Å². The van der Waals surface area contributed by atoms with Crippen LogP contribution in [0.25, 0.3) is 10.9 Å². The molecule has 12 nitrogen and oxygen atoms in total. The number of fused-ring (bicyclic) bond motifs is 1. The van der Waals surface area contributed by atoms with Crippen LogP contribution in [0.1, 0.15) is 46.1 Å². The van der Waals surface area contributed by atoms with Crippen LogP contribution >= 0.6 is 0 Å². The molecule has 5 unspecified atom stereocenters. The number of carboxylic acids is 1. The predicted octanol–water partition coefficient (Wildman–Crippen LogP) is 0.154. The molecule has 0 saturated heterocycles. The molecular weight excluding hydrogens is 492 g/mol. The van der Waals surface area contributed by atoms with Crippen LogP contribution in [-0.2, 0) is 30.4 Å². The largest absolute Gasteiger partial charge is 0.480 e. The number of hydrogen-bond donors (Lipinski definition) is 7. The maximum absolute atomic E-state index is 13.5. The van der Waals surface area contributed by atoms with Gasteiger partial charge in [-0.25, -0.2) is 4.79 Å². The van der Waals surface area contributed by atoms with Crippen molar-refractivity contribution >= 4 is 40.5 Å². The molecule has 1 aromatic carbocycles. The van der Waals surface area contributed by atoms with Gasteiger partial charge < -0.3 is 37.5 Å². The SMILES string of the molecule is CCC(C)C(N)C(=O)NC(Cc1c[nH]c2ccccc12)C(=O)NC(C(=O)NC(CC(N)=O)C(=O)O)C(C)C. The molecule has 0 fully saturated rings. The van der Waals surface area contributed by atoms with Gasteiger partial charge in [0.15, 0.2) is 0 Å². The average molecular weight is 531 g/mol. The van der Waals surface area contributed by atoms with Gasteiger partial charge in [0, 0.05) is 23.5 Å². The molecule has 208 valence electrons. The monoisotopic (exact) mass is 530 g/mol. The molecule has 1 heterocycles. The molecule has 4 amide bonds. The van der Waals surface area contributed by atoms with Crippen LogP contribution in [0.3, 0.4) is 0 Å². The molecule has 9 N–H and O–H groups in total. The number of aliphatic carboxylic acids is 1. The fraction of sp³-hybridized carbons (Fsp3) is 0.500. The quantitative estimate of drug-likeness (QED) is 0.180. The van der Waals surface area contributed by atoms with E-state index in [2.05, 4.69) is 20.9 Å². The second-order valence-electron chi connectivity index (χ2n) is 9.84. The summed E-state index contributed by atoms with van der Waals surface area (Å²) in [6, 6.07) is 2.88. The lowest BCUT2D eigenvalue weighted by Crippen LogP contribution is -2.59. The highest BCUT2D eigenvalue weighted by atomic mass is 16.4. The number of aromatic amines is 1. The third-order valence-electron chi connectivity index (χ3n) is 6.56. The van der Waals surface area contributed by atoms with E-state index >= 15 is 0 Å². The lowest BCUT2D eigenvalue weighted by Gasteiger charge is -2.27. The molecule has 5 atom stereocenters. The van der Waals surface area contributed by atoms with Gasteiger partial charge in [-0.3, -0.25) is 19.2 Å². The number of carboxylic acid groups (broad SMARTS) is 1. The molecule has 0 aliphatic carbocycles. The molecule has 0 saturated carbocycles. The summed E-state index contributed by atoms with van der Waals surface area (Å²) in [7, 11) is 0. The minimum atomic E-state index is -1.55. The number of nitrogens with two attached hydrogens (primary N) is 2. The highest BCUT2D eigenvalue weighted by molar-refractivity contribution is 5.95. The summed E-state index contributed by atoms with van der Waals surface area (Å²) in [5.41, 5.74) is 12.8. The van der Waals surface area contributed by atoms with Crippen LogP contribution in [0.15, 0.2) is 30.5 Å². The number of primary amides is 1. The number of aromatic nitrogens is 1. The van der Waals surface area contributed by atoms with E-state index in [0.29, 0.717) is 6.42 Å². The fourth-order valence-electron chi connectivity index (χ4n) is 3.96. The topological polar surface area (TPSA) is 209 Å². The zero-order valence-electron chi connectivity index (χ0n) is 22.1. The number of carbonyl (C=O) groups excluding carboxylic acids is 4. The molecule has 0 spiro atoms. The highest BCUT2D eigenvalue weighted by Crippen LogP contribution is 2.19. The zero-order valence-corrected chi connectivity index (χ0v) is 22.1. The third kappa shape index (κ3) is 8.04. The summed E-state index contributed by atoms with van der Waals surface area (Å²) in [4.78, 5) is 65.2. The molecule has 0 bridgehead atoms. The minimum absolute atomic E-state index is 0.112. The van der Waals surface area contributed by atoms with Crippen molar-refractivity contribution in [3.8, 4) is 0 Å². The van der Waals surface area contributed by atoms with Crippen LogP contribution in [0.2, 0.25) is 0 Å². The van der Waals surface area contributed by atoms with E-state index in [1.165, 1.54) is 0 Å². The predicted molar refractivity (Wildman–Crippen MR) is 142 cm³/mol. The Bertz CT molecular complexity index is 1160. The van der Waals surface area contributed by atoms with Gasteiger partial charge in [-0.2, -0.15) is 0 Å². The number of para-hydroxylation sites is 1. The number of amides is 4. The molecule has 12 heteroatoms. The van der Waals surface area contributed by atoms with Gasteiger partial charge in [-0.1, -0.05) is 52.3 Å². The Labute approximate surface area is 221 Å². The van der Waals surface area contributed by atoms with Crippen LogP contribution in [0, 0.1) is 11.8 Å². The second-order valence-corrected chi connectivity index (χ2v) is 9.84. The van der Waals surface area contributed by atoms with E-state index in [-0.39, 0.29) is 12.3 Å². The molecule has 0 aliphatic heterocycles. The standard InChI is InChI=1S/C26H38N6O6/c1-5-14(4)21(28)24(35)30-18(10-15-12-29-17-9-7-6-8-16(15)17)23(34)32-22(13(2)3)25(36)31-19(26(37)38)11-20(27)33/h6-9,12-14,18-19,21-22,29H,5,10-11,28H2,1-4H3,(H2,27,33)(H,30,35)(H,31,36)(H,32,34)(H,37,38). The summed E-state index contributed by atoms with van der Waals surface area (Å²) in [5.74, 6) is -4.85. The Morgan fingerprint density at radius 3 is 2.16 bits per heavy atom. The van der Waals surface area contributed by atoms with Crippen molar-refractivity contribution in [2.75, 3.05) is 0 Å². The summed E-state index contributed by atoms with van der Waals surface area (Å²) in [6.45, 7) is 7.08. The number of carbonyl (C=O) groups is 5. The van der Waals surface area contributed by atoms with Crippen molar-refractivity contribution in [1.29, 1.82) is 0 Å². The van der Waals surface area contributed by atoms with Gasteiger partial charge in [0.25, 0.3) is 0 Å². The van der Waals surface area contributed by atoms with Crippen LogP contribution in [0.4, 0.5) is 0 Å². The Balaban J connectivity index is 2.30. The van der Waals surface area contributed by atoms with Gasteiger partial charge in [0.2, 0.25) is 23.6 Å². The third-order valence-corrected chi connectivity index (χ3v) is 6.56. The molecule has 2 aromatic rings. The van der Waals surface area contributed by atoms with Gasteiger partial charge in [0.1, 0.15) is 18.1 Å². The van der Waals surface area contributed by atoms with E-state index in [1.807, 2.05) is 38.1 Å². The number of H-pyrrole nitrogens is 1. The molecular formula is C26H38N6O6. The van der Waals surface area contributed by atoms with Gasteiger partial charge >= 0.3 is 5.97 Å². The van der Waals surface area contributed by atoms with Crippen molar-refractivity contribution < 1.29 is 29.1 Å². The smallest absolute Gasteiger partial charge is 0.326 e. The summed E-state index contributed by atoms with van der Waals surface area (Å²) in [5, 5.41) is 17.8.